The summed E-state index contributed by atoms with van der Waals surface area (Å²) in [6.45, 7) is 9.93. The van der Waals surface area contributed by atoms with Crippen molar-refractivity contribution in [1.82, 2.24) is 9.80 Å². The van der Waals surface area contributed by atoms with Crippen LogP contribution in [0.3, 0.4) is 0 Å². The molecule has 1 heterocycles. The van der Waals surface area contributed by atoms with Gasteiger partial charge in [0, 0.05) is 6.54 Å². The molecule has 2 aromatic rings. The number of carbonyl (C=O) groups is 1. The highest BCUT2D eigenvalue weighted by molar-refractivity contribution is 8.03. The molecule has 0 aliphatic carbocycles. The Balaban J connectivity index is 2.12. The predicted molar refractivity (Wildman–Crippen MR) is 129 cm³/mol. The van der Waals surface area contributed by atoms with Crippen LogP contribution in [0.5, 0.6) is 0 Å². The highest BCUT2D eigenvalue weighted by Gasteiger charge is 2.55. The molecule has 0 unspecified atom stereocenters. The van der Waals surface area contributed by atoms with E-state index in [9.17, 15) is 10.1 Å². The molecule has 0 spiro atoms. The molecule has 0 aromatic heterocycles. The molecule has 1 amide bonds. The molecule has 0 bridgehead atoms. The third kappa shape index (κ3) is 4.28. The van der Waals surface area contributed by atoms with E-state index >= 15 is 0 Å². The molecule has 0 radical (unpaired) electrons. The molecule has 0 saturated heterocycles. The summed E-state index contributed by atoms with van der Waals surface area (Å²) >= 11 is 1.59. The SMILES string of the molecule is CCSC1=C(C#N)C(c2ccccc2)(c2ccccc2)C(=O)N1CCCN(CC)CC. The van der Waals surface area contributed by atoms with Gasteiger partial charge in [-0.05, 0) is 42.9 Å². The molecular formula is C26H31N3OS. The Hall–Kier alpha value is -2.55. The quantitative estimate of drug-likeness (QED) is 0.527. The number of hydrogen-bond donors (Lipinski definition) is 0. The third-order valence-electron chi connectivity index (χ3n) is 5.96. The van der Waals surface area contributed by atoms with Crippen LogP contribution in [-0.2, 0) is 10.2 Å². The van der Waals surface area contributed by atoms with E-state index in [-0.39, 0.29) is 5.91 Å². The molecule has 31 heavy (non-hydrogen) atoms. The van der Waals surface area contributed by atoms with E-state index in [0.717, 1.165) is 48.0 Å². The number of nitrogens with zero attached hydrogens (tertiary/aromatic N) is 3. The van der Waals surface area contributed by atoms with Crippen LogP contribution < -0.4 is 0 Å². The maximum Gasteiger partial charge on any atom is 0.247 e. The van der Waals surface area contributed by atoms with Gasteiger partial charge in [0.25, 0.3) is 0 Å². The van der Waals surface area contributed by atoms with Gasteiger partial charge < -0.3 is 9.80 Å². The van der Waals surface area contributed by atoms with Crippen LogP contribution in [0.15, 0.2) is 71.3 Å². The first-order chi connectivity index (χ1) is 15.1. The number of carbonyl (C=O) groups excluding carboxylic acids is 1. The summed E-state index contributed by atoms with van der Waals surface area (Å²) in [6, 6.07) is 22.0. The Labute approximate surface area is 190 Å². The number of nitriles is 1. The first-order valence-electron chi connectivity index (χ1n) is 11.1. The van der Waals surface area contributed by atoms with E-state index in [4.69, 9.17) is 0 Å². The zero-order chi connectivity index (χ0) is 22.3. The summed E-state index contributed by atoms with van der Waals surface area (Å²) in [6.07, 6.45) is 0.875. The number of thioether (sulfide) groups is 1. The van der Waals surface area contributed by atoms with Crippen molar-refractivity contribution in [2.75, 3.05) is 31.9 Å². The van der Waals surface area contributed by atoms with Crippen LogP contribution in [0.4, 0.5) is 0 Å². The Morgan fingerprint density at radius 3 is 1.97 bits per heavy atom. The second-order valence-electron chi connectivity index (χ2n) is 7.54. The summed E-state index contributed by atoms with van der Waals surface area (Å²) in [7, 11) is 0. The number of rotatable bonds is 10. The van der Waals surface area contributed by atoms with Gasteiger partial charge in [-0.25, -0.2) is 0 Å². The summed E-state index contributed by atoms with van der Waals surface area (Å²) in [5, 5.41) is 11.1. The Morgan fingerprint density at radius 2 is 1.52 bits per heavy atom. The van der Waals surface area contributed by atoms with Crippen LogP contribution >= 0.6 is 11.8 Å². The smallest absolute Gasteiger partial charge is 0.247 e. The summed E-state index contributed by atoms with van der Waals surface area (Å²) in [4.78, 5) is 18.4. The van der Waals surface area contributed by atoms with Crippen molar-refractivity contribution in [2.45, 2.75) is 32.6 Å². The van der Waals surface area contributed by atoms with Crippen molar-refractivity contribution in [1.29, 1.82) is 5.26 Å². The lowest BCUT2D eigenvalue weighted by molar-refractivity contribution is -0.130. The number of hydrogen-bond acceptors (Lipinski definition) is 4. The van der Waals surface area contributed by atoms with Crippen LogP contribution in [0.25, 0.3) is 0 Å². The monoisotopic (exact) mass is 433 g/mol. The second kappa shape index (κ2) is 10.7. The van der Waals surface area contributed by atoms with Crippen molar-refractivity contribution >= 4 is 17.7 Å². The molecule has 1 aliphatic heterocycles. The van der Waals surface area contributed by atoms with Crippen molar-refractivity contribution in [3.05, 3.63) is 82.4 Å². The molecule has 0 atom stereocenters. The average Bonchev–Trinajstić information content (AvgIpc) is 3.06. The van der Waals surface area contributed by atoms with Gasteiger partial charge in [0.2, 0.25) is 5.91 Å². The summed E-state index contributed by atoms with van der Waals surface area (Å²) in [5.41, 5.74) is 1.15. The molecule has 5 heteroatoms. The minimum absolute atomic E-state index is 0.0167. The van der Waals surface area contributed by atoms with Crippen molar-refractivity contribution in [3.63, 3.8) is 0 Å². The maximum atomic E-state index is 14.2. The Morgan fingerprint density at radius 1 is 0.968 bits per heavy atom. The Kier molecular flexibility index (Phi) is 7.95. The summed E-state index contributed by atoms with van der Waals surface area (Å²) in [5.74, 6) is 0.789. The highest BCUT2D eigenvalue weighted by Crippen LogP contribution is 2.50. The highest BCUT2D eigenvalue weighted by atomic mass is 32.2. The molecule has 0 N–H and O–H groups in total. The molecule has 2 aromatic carbocycles. The maximum absolute atomic E-state index is 14.2. The first-order valence-corrected chi connectivity index (χ1v) is 12.1. The molecule has 0 fully saturated rings. The van der Waals surface area contributed by atoms with Crippen molar-refractivity contribution < 1.29 is 4.79 Å². The molecular weight excluding hydrogens is 402 g/mol. The normalized spacial score (nSPS) is 15.6. The fraction of sp³-hybridized carbons (Fsp3) is 0.385. The first kappa shape index (κ1) is 23.1. The fourth-order valence-corrected chi connectivity index (χ4v) is 5.34. The molecule has 162 valence electrons. The summed E-state index contributed by atoms with van der Waals surface area (Å²) < 4.78 is 0. The minimum atomic E-state index is -1.09. The van der Waals surface area contributed by atoms with E-state index in [1.807, 2.05) is 65.6 Å². The van der Waals surface area contributed by atoms with E-state index in [2.05, 4.69) is 31.7 Å². The molecule has 3 rings (SSSR count). The lowest BCUT2D eigenvalue weighted by atomic mass is 9.70. The van der Waals surface area contributed by atoms with Crippen LogP contribution in [0.1, 0.15) is 38.3 Å². The molecule has 1 aliphatic rings. The molecule has 0 saturated carbocycles. The van der Waals surface area contributed by atoms with Gasteiger partial charge in [0.05, 0.1) is 16.7 Å². The van der Waals surface area contributed by atoms with E-state index < -0.39 is 5.41 Å². The third-order valence-corrected chi connectivity index (χ3v) is 6.94. The fourth-order valence-electron chi connectivity index (χ4n) is 4.39. The van der Waals surface area contributed by atoms with Gasteiger partial charge in [-0.2, -0.15) is 5.26 Å². The van der Waals surface area contributed by atoms with E-state index in [0.29, 0.717) is 12.1 Å². The van der Waals surface area contributed by atoms with E-state index in [1.165, 1.54) is 0 Å². The lowest BCUT2D eigenvalue weighted by Gasteiger charge is -2.30. The van der Waals surface area contributed by atoms with Gasteiger partial charge in [-0.15, -0.1) is 11.8 Å². The Bertz CT molecular complexity index is 906. The number of amides is 1. The minimum Gasteiger partial charge on any atom is -0.304 e. The average molecular weight is 434 g/mol. The van der Waals surface area contributed by atoms with Gasteiger partial charge in [-0.3, -0.25) is 4.79 Å². The largest absolute Gasteiger partial charge is 0.304 e. The van der Waals surface area contributed by atoms with Crippen molar-refractivity contribution in [2.24, 2.45) is 0 Å². The standard InChI is InChI=1S/C26H31N3OS/c1-4-28(5-2)18-13-19-29-24(31-6-3)23(20-27)26(25(29)30,21-14-9-7-10-15-21)22-16-11-8-12-17-22/h7-12,14-17H,4-6,13,18-19H2,1-3H3. The van der Waals surface area contributed by atoms with Crippen LogP contribution in [0.2, 0.25) is 0 Å². The predicted octanol–water partition coefficient (Wildman–Crippen LogP) is 5.04. The lowest BCUT2D eigenvalue weighted by Crippen LogP contribution is -2.42. The zero-order valence-corrected chi connectivity index (χ0v) is 19.5. The topological polar surface area (TPSA) is 47.3 Å². The second-order valence-corrected chi connectivity index (χ2v) is 8.80. The number of benzene rings is 2. The van der Waals surface area contributed by atoms with Crippen LogP contribution in [-0.4, -0.2) is 47.6 Å². The van der Waals surface area contributed by atoms with E-state index in [1.54, 1.807) is 11.8 Å². The zero-order valence-electron chi connectivity index (χ0n) is 18.7. The van der Waals surface area contributed by atoms with Crippen molar-refractivity contribution in [3.8, 4) is 6.07 Å². The van der Waals surface area contributed by atoms with Crippen LogP contribution in [0, 0.1) is 11.3 Å². The van der Waals surface area contributed by atoms with Gasteiger partial charge in [-0.1, -0.05) is 81.4 Å². The molecule has 4 nitrogen and oxygen atoms in total. The van der Waals surface area contributed by atoms with Gasteiger partial charge in [0.1, 0.15) is 5.41 Å². The van der Waals surface area contributed by atoms with Gasteiger partial charge >= 0.3 is 0 Å². The van der Waals surface area contributed by atoms with Gasteiger partial charge in [0.15, 0.2) is 0 Å².